The van der Waals surface area contributed by atoms with E-state index in [1.165, 1.54) is 16.8 Å². The first-order valence-electron chi connectivity index (χ1n) is 12.4. The third-order valence-corrected chi connectivity index (χ3v) is 10.1. The zero-order chi connectivity index (χ0) is 27.1. The van der Waals surface area contributed by atoms with E-state index in [4.69, 9.17) is 4.74 Å². The van der Waals surface area contributed by atoms with Crippen LogP contribution >= 0.6 is 0 Å². The molecule has 1 saturated heterocycles. The van der Waals surface area contributed by atoms with Crippen LogP contribution < -0.4 is 4.74 Å². The average molecular weight is 553 g/mol. The summed E-state index contributed by atoms with van der Waals surface area (Å²) < 4.78 is 56.5. The van der Waals surface area contributed by atoms with Gasteiger partial charge < -0.3 is 9.72 Å². The normalized spacial score (nSPS) is 15.6. The highest BCUT2D eigenvalue weighted by atomic mass is 32.2. The largest absolute Gasteiger partial charge is 0.491 e. The molecule has 0 unspecified atom stereocenters. The van der Waals surface area contributed by atoms with E-state index in [0.29, 0.717) is 55.0 Å². The van der Waals surface area contributed by atoms with Crippen LogP contribution in [0.1, 0.15) is 25.3 Å². The van der Waals surface area contributed by atoms with Gasteiger partial charge in [-0.25, -0.2) is 26.1 Å². The molecule has 4 aromatic rings. The number of H-pyrrole nitrogens is 1. The number of rotatable bonds is 7. The van der Waals surface area contributed by atoms with Gasteiger partial charge in [0.2, 0.25) is 10.0 Å². The second kappa shape index (κ2) is 10.0. The number of hydrogen-bond acceptors (Lipinski definition) is 7. The van der Waals surface area contributed by atoms with Crippen molar-refractivity contribution in [3.63, 3.8) is 0 Å². The molecule has 0 atom stereocenters. The van der Waals surface area contributed by atoms with Crippen LogP contribution in [-0.4, -0.2) is 62.8 Å². The third kappa shape index (κ3) is 4.99. The number of hydrogen-bond donors (Lipinski definition) is 1. The highest BCUT2D eigenvalue weighted by Crippen LogP contribution is 2.40. The molecule has 2 aromatic carbocycles. The molecule has 1 fully saturated rings. The maximum absolute atomic E-state index is 12.6. The Kier molecular flexibility index (Phi) is 6.90. The second-order valence-electron chi connectivity index (χ2n) is 9.57. The number of pyridine rings is 1. The maximum atomic E-state index is 12.6. The Morgan fingerprint density at radius 2 is 1.89 bits per heavy atom. The van der Waals surface area contributed by atoms with Crippen LogP contribution in [0.4, 0.5) is 0 Å². The zero-order valence-electron chi connectivity index (χ0n) is 21.1. The van der Waals surface area contributed by atoms with Crippen molar-refractivity contribution in [3.05, 3.63) is 54.2 Å². The van der Waals surface area contributed by atoms with Crippen LogP contribution in [0.2, 0.25) is 0 Å². The summed E-state index contributed by atoms with van der Waals surface area (Å²) in [5.41, 5.74) is 3.24. The van der Waals surface area contributed by atoms with Crippen molar-refractivity contribution < 1.29 is 21.6 Å². The van der Waals surface area contributed by atoms with Crippen LogP contribution in [0.3, 0.4) is 0 Å². The van der Waals surface area contributed by atoms with E-state index in [-0.39, 0.29) is 16.6 Å². The fourth-order valence-electron chi connectivity index (χ4n) is 4.92. The molecule has 38 heavy (non-hydrogen) atoms. The van der Waals surface area contributed by atoms with E-state index in [2.05, 4.69) is 16.0 Å². The van der Waals surface area contributed by atoms with E-state index in [1.807, 2.05) is 18.2 Å². The molecular weight excluding hydrogens is 524 g/mol. The van der Waals surface area contributed by atoms with Crippen molar-refractivity contribution in [1.29, 1.82) is 5.26 Å². The summed E-state index contributed by atoms with van der Waals surface area (Å²) in [6.07, 6.45) is 4.17. The molecule has 0 amide bonds. The number of aromatic nitrogens is 2. The van der Waals surface area contributed by atoms with Crippen LogP contribution in [-0.2, 0) is 19.9 Å². The number of nitriles is 1. The molecule has 0 spiro atoms. The zero-order valence-corrected chi connectivity index (χ0v) is 22.8. The van der Waals surface area contributed by atoms with Crippen molar-refractivity contribution in [3.8, 4) is 22.9 Å². The van der Waals surface area contributed by atoms with Gasteiger partial charge in [0, 0.05) is 30.1 Å². The van der Waals surface area contributed by atoms with Crippen molar-refractivity contribution in [2.24, 2.45) is 5.92 Å². The second-order valence-corrected chi connectivity index (χ2v) is 13.8. The Labute approximate surface area is 222 Å². The lowest BCUT2D eigenvalue weighted by atomic mass is 9.98. The number of benzene rings is 2. The first kappa shape index (κ1) is 26.2. The van der Waals surface area contributed by atoms with Crippen LogP contribution in [0.5, 0.6) is 5.75 Å². The van der Waals surface area contributed by atoms with Gasteiger partial charge in [0.1, 0.15) is 17.5 Å². The molecule has 1 N–H and O–H groups in total. The van der Waals surface area contributed by atoms with Crippen LogP contribution in [0.15, 0.2) is 53.6 Å². The highest BCUT2D eigenvalue weighted by molar-refractivity contribution is 7.91. The highest BCUT2D eigenvalue weighted by Gasteiger charge is 2.26. The number of nitrogens with one attached hydrogen (secondary N) is 1. The van der Waals surface area contributed by atoms with E-state index < -0.39 is 19.9 Å². The maximum Gasteiger partial charge on any atom is 0.211 e. The SMILES string of the molecule is CCS(=O)(=O)c1cccc(-c2ccc(OCC3CCN(S(C)(=O)=O)CC3)c3[nH]c4ncc(C#N)cc4c23)c1. The molecule has 0 radical (unpaired) electrons. The van der Waals surface area contributed by atoms with E-state index in [0.717, 1.165) is 21.9 Å². The quantitative estimate of drug-likeness (QED) is 0.365. The predicted octanol–water partition coefficient (Wildman–Crippen LogP) is 4.10. The molecule has 2 aromatic heterocycles. The van der Waals surface area contributed by atoms with E-state index >= 15 is 0 Å². The van der Waals surface area contributed by atoms with Gasteiger partial charge >= 0.3 is 0 Å². The number of sulfone groups is 1. The smallest absolute Gasteiger partial charge is 0.211 e. The minimum Gasteiger partial charge on any atom is -0.491 e. The molecule has 5 rings (SSSR count). The number of ether oxygens (including phenoxy) is 1. The summed E-state index contributed by atoms with van der Waals surface area (Å²) in [5, 5.41) is 11.0. The lowest BCUT2D eigenvalue weighted by Crippen LogP contribution is -2.39. The van der Waals surface area contributed by atoms with Gasteiger partial charge in [0.25, 0.3) is 0 Å². The Balaban J connectivity index is 1.55. The monoisotopic (exact) mass is 552 g/mol. The summed E-state index contributed by atoms with van der Waals surface area (Å²) >= 11 is 0. The molecule has 9 nitrogen and oxygen atoms in total. The van der Waals surface area contributed by atoms with Crippen LogP contribution in [0.25, 0.3) is 33.1 Å². The standard InChI is InChI=1S/C27H28N4O5S2/c1-3-38(34,35)21-6-4-5-20(14-21)22-7-8-24(36-17-18-9-11-31(12-10-18)37(2,32)33)26-25(22)23-13-19(15-28)16-29-27(23)30-26/h4-8,13-14,16,18H,3,9-12,17H2,1-2H3,(H,29,30). The van der Waals surface area contributed by atoms with Gasteiger partial charge in [-0.3, -0.25) is 0 Å². The number of sulfonamides is 1. The summed E-state index contributed by atoms with van der Waals surface area (Å²) in [7, 11) is -6.58. The van der Waals surface area contributed by atoms with E-state index in [1.54, 1.807) is 31.2 Å². The topological polar surface area (TPSA) is 133 Å². The summed E-state index contributed by atoms with van der Waals surface area (Å²) in [4.78, 5) is 8.00. The molecule has 1 aliphatic rings. The van der Waals surface area contributed by atoms with Crippen LogP contribution in [0, 0.1) is 17.2 Å². The van der Waals surface area contributed by atoms with Gasteiger partial charge in [-0.1, -0.05) is 19.1 Å². The molecule has 0 saturated carbocycles. The van der Waals surface area contributed by atoms with Crippen molar-refractivity contribution in [2.45, 2.75) is 24.7 Å². The Bertz CT molecular complexity index is 1780. The van der Waals surface area contributed by atoms with Gasteiger partial charge in [0.15, 0.2) is 9.84 Å². The molecule has 0 bridgehead atoms. The summed E-state index contributed by atoms with van der Waals surface area (Å²) in [6.45, 7) is 3.01. The number of fused-ring (bicyclic) bond motifs is 3. The predicted molar refractivity (Wildman–Crippen MR) is 146 cm³/mol. The average Bonchev–Trinajstić information content (AvgIpc) is 3.30. The van der Waals surface area contributed by atoms with Gasteiger partial charge in [-0.05, 0) is 60.2 Å². The Hall–Kier alpha value is -3.46. The van der Waals surface area contributed by atoms with Gasteiger partial charge in [-0.15, -0.1) is 0 Å². The lowest BCUT2D eigenvalue weighted by Gasteiger charge is -2.30. The van der Waals surface area contributed by atoms with E-state index in [9.17, 15) is 22.1 Å². The fraction of sp³-hybridized carbons (Fsp3) is 0.333. The lowest BCUT2D eigenvalue weighted by molar-refractivity contribution is 0.187. The number of nitrogens with zero attached hydrogens (tertiary/aromatic N) is 3. The van der Waals surface area contributed by atoms with Crippen molar-refractivity contribution >= 4 is 41.8 Å². The van der Waals surface area contributed by atoms with Gasteiger partial charge in [-0.2, -0.15) is 5.26 Å². The van der Waals surface area contributed by atoms with Crippen molar-refractivity contribution in [1.82, 2.24) is 14.3 Å². The number of aromatic amines is 1. The fourth-order valence-corrected chi connectivity index (χ4v) is 6.72. The Morgan fingerprint density at radius 3 is 2.58 bits per heavy atom. The van der Waals surface area contributed by atoms with Crippen molar-refractivity contribution in [2.75, 3.05) is 31.7 Å². The molecular formula is C27H28N4O5S2. The minimum absolute atomic E-state index is 0.00426. The molecule has 198 valence electrons. The summed E-state index contributed by atoms with van der Waals surface area (Å²) in [6, 6.07) is 14.5. The first-order valence-corrected chi connectivity index (χ1v) is 15.9. The first-order chi connectivity index (χ1) is 18.1. The molecule has 11 heteroatoms. The molecule has 1 aliphatic heterocycles. The molecule has 0 aliphatic carbocycles. The Morgan fingerprint density at radius 1 is 1.13 bits per heavy atom. The summed E-state index contributed by atoms with van der Waals surface area (Å²) in [5.74, 6) is 0.832. The third-order valence-electron chi connectivity index (χ3n) is 7.10. The molecule has 3 heterocycles. The number of piperidine rings is 1. The minimum atomic E-state index is -3.39. The van der Waals surface area contributed by atoms with Gasteiger partial charge in [0.05, 0.1) is 34.6 Å².